The van der Waals surface area contributed by atoms with E-state index >= 15 is 0 Å². The van der Waals surface area contributed by atoms with E-state index in [9.17, 15) is 9.59 Å². The molecule has 4 heteroatoms. The molecular weight excluding hydrogens is 364 g/mol. The topological polar surface area (TPSA) is 52.6 Å². The molecule has 2 rings (SSSR count). The molecule has 0 saturated carbocycles. The van der Waals surface area contributed by atoms with E-state index in [2.05, 4.69) is 51.3 Å². The molecule has 0 unspecified atom stereocenters. The molecule has 0 fully saturated rings. The Morgan fingerprint density at radius 2 is 1.17 bits per heavy atom. The van der Waals surface area contributed by atoms with Crippen LogP contribution < -0.4 is 0 Å². The maximum Gasteiger partial charge on any atom is 0.330 e. The zero-order valence-corrected chi connectivity index (χ0v) is 17.1. The zero-order chi connectivity index (χ0) is 21.3. The normalized spacial score (nSPS) is 10.8. The highest BCUT2D eigenvalue weighted by atomic mass is 16.5. The standard InChI is InChI=1S/C25H28O4/c1-5-23(26)28-17-15-19-11-7-9-13-21(19)25(3,4)22-14-10-8-12-20(22)16-18-29-24(27)6-2/h5-14H,1-2,15-18H2,3-4H3. The first-order chi connectivity index (χ1) is 13.9. The van der Waals surface area contributed by atoms with Crippen LogP contribution in [0, 0.1) is 0 Å². The number of carbonyl (C=O) groups is 2. The lowest BCUT2D eigenvalue weighted by Gasteiger charge is -2.31. The smallest absolute Gasteiger partial charge is 0.330 e. The van der Waals surface area contributed by atoms with Gasteiger partial charge in [-0.25, -0.2) is 9.59 Å². The first-order valence-corrected chi connectivity index (χ1v) is 9.65. The summed E-state index contributed by atoms with van der Waals surface area (Å²) in [5.41, 5.74) is 4.32. The highest BCUT2D eigenvalue weighted by Crippen LogP contribution is 2.36. The predicted molar refractivity (Wildman–Crippen MR) is 115 cm³/mol. The Balaban J connectivity index is 2.26. The van der Waals surface area contributed by atoms with Crippen molar-refractivity contribution in [2.75, 3.05) is 13.2 Å². The van der Waals surface area contributed by atoms with Gasteiger partial charge in [-0.1, -0.05) is 75.5 Å². The van der Waals surface area contributed by atoms with Gasteiger partial charge < -0.3 is 9.47 Å². The van der Waals surface area contributed by atoms with Crippen LogP contribution in [-0.4, -0.2) is 25.2 Å². The molecule has 0 N–H and O–H groups in total. The second kappa shape index (κ2) is 10.4. The van der Waals surface area contributed by atoms with Gasteiger partial charge in [0.25, 0.3) is 0 Å². The van der Waals surface area contributed by atoms with E-state index in [1.54, 1.807) is 0 Å². The molecule has 0 spiro atoms. The Labute approximate surface area is 172 Å². The van der Waals surface area contributed by atoms with E-state index in [1.807, 2.05) is 24.3 Å². The summed E-state index contributed by atoms with van der Waals surface area (Å²) in [5.74, 6) is -0.831. The fourth-order valence-corrected chi connectivity index (χ4v) is 3.48. The van der Waals surface area contributed by atoms with Gasteiger partial charge in [0.05, 0.1) is 13.2 Å². The maximum absolute atomic E-state index is 11.3. The summed E-state index contributed by atoms with van der Waals surface area (Å²) >= 11 is 0. The van der Waals surface area contributed by atoms with Crippen LogP contribution in [0.25, 0.3) is 0 Å². The lowest BCUT2D eigenvalue weighted by Crippen LogP contribution is -2.24. The summed E-state index contributed by atoms with van der Waals surface area (Å²) in [7, 11) is 0. The van der Waals surface area contributed by atoms with Crippen molar-refractivity contribution in [2.24, 2.45) is 0 Å². The van der Waals surface area contributed by atoms with Gasteiger partial charge in [0.1, 0.15) is 0 Å². The van der Waals surface area contributed by atoms with Crippen LogP contribution in [0.2, 0.25) is 0 Å². The minimum Gasteiger partial charge on any atom is -0.462 e. The third-order valence-corrected chi connectivity index (χ3v) is 4.95. The average molecular weight is 392 g/mol. The molecule has 29 heavy (non-hydrogen) atoms. The van der Waals surface area contributed by atoms with Gasteiger partial charge >= 0.3 is 11.9 Å². The molecule has 4 nitrogen and oxygen atoms in total. The van der Waals surface area contributed by atoms with Crippen molar-refractivity contribution in [3.8, 4) is 0 Å². The molecule has 0 aliphatic heterocycles. The number of hydrogen-bond donors (Lipinski definition) is 0. The summed E-state index contributed by atoms with van der Waals surface area (Å²) in [5, 5.41) is 0. The number of rotatable bonds is 10. The molecule has 0 aliphatic carbocycles. The molecule has 0 bridgehead atoms. The Morgan fingerprint density at radius 3 is 1.55 bits per heavy atom. The second-order valence-electron chi connectivity index (χ2n) is 7.18. The van der Waals surface area contributed by atoms with Crippen molar-refractivity contribution in [1.29, 1.82) is 0 Å². The van der Waals surface area contributed by atoms with E-state index in [4.69, 9.17) is 9.47 Å². The SMILES string of the molecule is C=CC(=O)OCCc1ccccc1C(C)(C)c1ccccc1CCOC(=O)C=C. The summed E-state index contributed by atoms with van der Waals surface area (Å²) in [6.07, 6.45) is 3.59. The van der Waals surface area contributed by atoms with Crippen LogP contribution >= 0.6 is 0 Å². The second-order valence-corrected chi connectivity index (χ2v) is 7.18. The third-order valence-electron chi connectivity index (χ3n) is 4.95. The van der Waals surface area contributed by atoms with Crippen LogP contribution in [0.5, 0.6) is 0 Å². The summed E-state index contributed by atoms with van der Waals surface area (Å²) in [6.45, 7) is 11.8. The molecule has 2 aromatic carbocycles. The molecule has 0 saturated heterocycles. The molecule has 0 amide bonds. The van der Waals surface area contributed by atoms with Crippen molar-refractivity contribution >= 4 is 11.9 Å². The predicted octanol–water partition coefficient (Wildman–Crippen LogP) is 4.56. The van der Waals surface area contributed by atoms with Crippen LogP contribution in [0.15, 0.2) is 73.8 Å². The maximum atomic E-state index is 11.3. The largest absolute Gasteiger partial charge is 0.462 e. The number of carbonyl (C=O) groups excluding carboxylic acids is 2. The van der Waals surface area contributed by atoms with E-state index in [0.717, 1.165) is 11.1 Å². The van der Waals surface area contributed by atoms with Crippen molar-refractivity contribution in [3.63, 3.8) is 0 Å². The van der Waals surface area contributed by atoms with E-state index in [-0.39, 0.29) is 5.41 Å². The molecule has 152 valence electrons. The van der Waals surface area contributed by atoms with Gasteiger partial charge in [0, 0.05) is 30.4 Å². The van der Waals surface area contributed by atoms with Crippen LogP contribution in [0.4, 0.5) is 0 Å². The molecule has 0 heterocycles. The van der Waals surface area contributed by atoms with Gasteiger partial charge in [0.2, 0.25) is 0 Å². The summed E-state index contributed by atoms with van der Waals surface area (Å²) in [4.78, 5) is 22.7. The van der Waals surface area contributed by atoms with Crippen LogP contribution in [-0.2, 0) is 37.3 Å². The zero-order valence-electron chi connectivity index (χ0n) is 17.1. The highest BCUT2D eigenvalue weighted by molar-refractivity contribution is 5.81. The number of hydrogen-bond acceptors (Lipinski definition) is 4. The Bertz CT molecular complexity index is 808. The molecular formula is C25H28O4. The lowest BCUT2D eigenvalue weighted by atomic mass is 9.73. The minimum atomic E-state index is -0.416. The number of benzene rings is 2. The molecule has 0 aliphatic rings. The van der Waals surface area contributed by atoms with Gasteiger partial charge in [-0.3, -0.25) is 0 Å². The average Bonchev–Trinajstić information content (AvgIpc) is 2.74. The first-order valence-electron chi connectivity index (χ1n) is 9.65. The molecule has 0 atom stereocenters. The van der Waals surface area contributed by atoms with Gasteiger partial charge in [0.15, 0.2) is 0 Å². The Kier molecular flexibility index (Phi) is 7.96. The number of ether oxygens (including phenoxy) is 2. The lowest BCUT2D eigenvalue weighted by molar-refractivity contribution is -0.138. The quantitative estimate of drug-likeness (QED) is 0.439. The van der Waals surface area contributed by atoms with Crippen molar-refractivity contribution < 1.29 is 19.1 Å². The van der Waals surface area contributed by atoms with Crippen LogP contribution in [0.1, 0.15) is 36.1 Å². The molecule has 0 aromatic heterocycles. The van der Waals surface area contributed by atoms with Crippen molar-refractivity contribution in [3.05, 3.63) is 96.1 Å². The third kappa shape index (κ3) is 5.92. The fourth-order valence-electron chi connectivity index (χ4n) is 3.48. The van der Waals surface area contributed by atoms with E-state index < -0.39 is 11.9 Å². The minimum absolute atomic E-state index is 0.280. The molecule has 2 aromatic rings. The highest BCUT2D eigenvalue weighted by Gasteiger charge is 2.27. The fraction of sp³-hybridized carbons (Fsp3) is 0.280. The van der Waals surface area contributed by atoms with Crippen LogP contribution in [0.3, 0.4) is 0 Å². The van der Waals surface area contributed by atoms with Gasteiger partial charge in [-0.15, -0.1) is 0 Å². The first kappa shape index (κ1) is 22.2. The van der Waals surface area contributed by atoms with Crippen molar-refractivity contribution in [1.82, 2.24) is 0 Å². The van der Waals surface area contributed by atoms with Gasteiger partial charge in [-0.05, 0) is 22.3 Å². The Morgan fingerprint density at radius 1 is 0.793 bits per heavy atom. The van der Waals surface area contributed by atoms with Gasteiger partial charge in [-0.2, -0.15) is 0 Å². The Hall–Kier alpha value is -3.14. The number of esters is 2. The van der Waals surface area contributed by atoms with Crippen molar-refractivity contribution in [2.45, 2.75) is 32.1 Å². The summed E-state index contributed by atoms with van der Waals surface area (Å²) in [6, 6.07) is 16.4. The van der Waals surface area contributed by atoms with E-state index in [0.29, 0.717) is 26.1 Å². The van der Waals surface area contributed by atoms with E-state index in [1.165, 1.54) is 23.3 Å². The molecule has 0 radical (unpaired) electrons. The summed E-state index contributed by atoms with van der Waals surface area (Å²) < 4.78 is 10.3. The monoisotopic (exact) mass is 392 g/mol.